The molecule has 0 fully saturated rings. The molecule has 1 N–H and O–H groups in total. The van der Waals surface area contributed by atoms with Crippen molar-refractivity contribution in [3.05, 3.63) is 29.3 Å². The molecule has 1 unspecified atom stereocenters. The molecule has 0 aliphatic heterocycles. The van der Waals surface area contributed by atoms with Gasteiger partial charge in [-0.2, -0.15) is 26.3 Å². The van der Waals surface area contributed by atoms with Crippen molar-refractivity contribution in [2.45, 2.75) is 24.2 Å². The van der Waals surface area contributed by atoms with Gasteiger partial charge in [0.1, 0.15) is 17.5 Å². The predicted octanol–water partition coefficient (Wildman–Crippen LogP) is 3.19. The van der Waals surface area contributed by atoms with Gasteiger partial charge in [0, 0.05) is 0 Å². The summed E-state index contributed by atoms with van der Waals surface area (Å²) in [5.41, 5.74) is -1.11. The molecule has 0 aliphatic carbocycles. The molecule has 108 valence electrons. The minimum atomic E-state index is -4.64. The Morgan fingerprint density at radius 3 is 2.21 bits per heavy atom. The van der Waals surface area contributed by atoms with Crippen LogP contribution >= 0.6 is 0 Å². The first-order valence-electron chi connectivity index (χ1n) is 4.90. The minimum absolute atomic E-state index is 0.0935. The van der Waals surface area contributed by atoms with E-state index in [9.17, 15) is 30.6 Å². The second-order valence-electron chi connectivity index (χ2n) is 3.68. The standard InChI is InChI=1S/C10H9F6NOS/c1-6-2-3-7(4-8(6)10(14,15)16)19(18)17-5-9(11,12)13/h2-4,17H,5H2,1H3. The molecule has 1 aromatic carbocycles. The van der Waals surface area contributed by atoms with Crippen molar-refractivity contribution < 1.29 is 30.6 Å². The van der Waals surface area contributed by atoms with Crippen LogP contribution in [0.5, 0.6) is 0 Å². The number of alkyl halides is 6. The normalized spacial score (nSPS) is 14.5. The number of hydrogen-bond acceptors (Lipinski definition) is 1. The van der Waals surface area contributed by atoms with Gasteiger partial charge >= 0.3 is 12.4 Å². The van der Waals surface area contributed by atoms with Crippen LogP contribution in [0.2, 0.25) is 0 Å². The van der Waals surface area contributed by atoms with Gasteiger partial charge in [-0.3, -0.25) is 0 Å². The molecule has 0 spiro atoms. The lowest BCUT2D eigenvalue weighted by Gasteiger charge is -2.12. The summed E-state index contributed by atoms with van der Waals surface area (Å²) in [6.07, 6.45) is -9.23. The number of halogens is 6. The van der Waals surface area contributed by atoms with Crippen molar-refractivity contribution >= 4 is 11.0 Å². The van der Waals surface area contributed by atoms with Gasteiger partial charge in [-0.1, -0.05) is 6.07 Å². The van der Waals surface area contributed by atoms with Crippen molar-refractivity contribution in [3.8, 4) is 0 Å². The van der Waals surface area contributed by atoms with Gasteiger partial charge in [0.25, 0.3) is 0 Å². The lowest BCUT2D eigenvalue weighted by Crippen LogP contribution is -2.30. The Morgan fingerprint density at radius 1 is 1.16 bits per heavy atom. The fraction of sp³-hybridized carbons (Fsp3) is 0.400. The molecule has 0 saturated carbocycles. The van der Waals surface area contributed by atoms with Crippen LogP contribution in [0.3, 0.4) is 0 Å². The molecule has 0 bridgehead atoms. The van der Waals surface area contributed by atoms with Crippen LogP contribution in [0.15, 0.2) is 23.1 Å². The fourth-order valence-electron chi connectivity index (χ4n) is 1.25. The van der Waals surface area contributed by atoms with E-state index in [-0.39, 0.29) is 10.5 Å². The van der Waals surface area contributed by atoms with Crippen LogP contribution in [0.4, 0.5) is 26.3 Å². The highest BCUT2D eigenvalue weighted by molar-refractivity contribution is 7.83. The Hall–Kier alpha value is -1.09. The predicted molar refractivity (Wildman–Crippen MR) is 56.6 cm³/mol. The number of aryl methyl sites for hydroxylation is 1. The van der Waals surface area contributed by atoms with Gasteiger partial charge in [-0.15, -0.1) is 0 Å². The Bertz CT molecular complexity index is 482. The van der Waals surface area contributed by atoms with Crippen molar-refractivity contribution in [2.24, 2.45) is 0 Å². The molecule has 0 amide bonds. The maximum atomic E-state index is 12.6. The Morgan fingerprint density at radius 2 is 1.74 bits per heavy atom. The van der Waals surface area contributed by atoms with Crippen molar-refractivity contribution in [2.75, 3.05) is 6.54 Å². The zero-order valence-electron chi connectivity index (χ0n) is 9.52. The van der Waals surface area contributed by atoms with Crippen LogP contribution < -0.4 is 4.72 Å². The first kappa shape index (κ1) is 16.0. The second kappa shape index (κ2) is 5.49. The highest BCUT2D eigenvalue weighted by Gasteiger charge is 2.33. The largest absolute Gasteiger partial charge is 0.416 e. The first-order chi connectivity index (χ1) is 8.50. The third-order valence-corrected chi connectivity index (χ3v) is 3.22. The summed E-state index contributed by atoms with van der Waals surface area (Å²) in [5.74, 6) is 0. The van der Waals surface area contributed by atoms with Gasteiger partial charge in [0.15, 0.2) is 0 Å². The third kappa shape index (κ3) is 4.83. The van der Waals surface area contributed by atoms with Crippen LogP contribution in [-0.4, -0.2) is 16.9 Å². The van der Waals surface area contributed by atoms with E-state index in [2.05, 4.69) is 0 Å². The molecule has 0 aliphatic rings. The van der Waals surface area contributed by atoms with Crippen LogP contribution in [0.25, 0.3) is 0 Å². The third-order valence-electron chi connectivity index (χ3n) is 2.13. The molecule has 2 nitrogen and oxygen atoms in total. The number of hydrogen-bond donors (Lipinski definition) is 1. The van der Waals surface area contributed by atoms with E-state index in [1.165, 1.54) is 6.92 Å². The smallest absolute Gasteiger partial charge is 0.238 e. The monoisotopic (exact) mass is 305 g/mol. The molecule has 9 heteroatoms. The summed E-state index contributed by atoms with van der Waals surface area (Å²) in [6.45, 7) is -0.340. The van der Waals surface area contributed by atoms with E-state index in [1.807, 2.05) is 0 Å². The van der Waals surface area contributed by atoms with Crippen LogP contribution in [0.1, 0.15) is 11.1 Å². The van der Waals surface area contributed by atoms with E-state index in [0.29, 0.717) is 6.07 Å². The number of nitrogens with one attached hydrogen (secondary N) is 1. The summed E-state index contributed by atoms with van der Waals surface area (Å²) in [4.78, 5) is -0.359. The van der Waals surface area contributed by atoms with E-state index in [4.69, 9.17) is 0 Å². The molecule has 1 atom stereocenters. The van der Waals surface area contributed by atoms with Crippen LogP contribution in [0, 0.1) is 6.92 Å². The quantitative estimate of drug-likeness (QED) is 0.854. The molecule has 1 aromatic rings. The Labute approximate surface area is 107 Å². The van der Waals surface area contributed by atoms with Gasteiger partial charge in [0.05, 0.1) is 10.5 Å². The molecule has 0 heterocycles. The highest BCUT2D eigenvalue weighted by Crippen LogP contribution is 2.32. The van der Waals surface area contributed by atoms with E-state index in [1.54, 1.807) is 4.72 Å². The zero-order chi connectivity index (χ0) is 14.8. The van der Waals surface area contributed by atoms with Gasteiger partial charge in [-0.05, 0) is 24.6 Å². The summed E-state index contributed by atoms with van der Waals surface area (Å²) < 4.78 is 86.4. The average molecular weight is 305 g/mol. The number of benzene rings is 1. The molecule has 1 rings (SSSR count). The maximum Gasteiger partial charge on any atom is 0.416 e. The summed E-state index contributed by atoms with van der Waals surface area (Å²) >= 11 is 0. The average Bonchev–Trinajstić information content (AvgIpc) is 2.24. The number of rotatable bonds is 3. The lowest BCUT2D eigenvalue weighted by molar-refractivity contribution is -0.138. The highest BCUT2D eigenvalue weighted by atomic mass is 32.2. The maximum absolute atomic E-state index is 12.6. The minimum Gasteiger partial charge on any atom is -0.238 e. The molecule has 0 aromatic heterocycles. The Balaban J connectivity index is 2.94. The second-order valence-corrected chi connectivity index (χ2v) is 4.98. The lowest BCUT2D eigenvalue weighted by atomic mass is 10.1. The fourth-order valence-corrected chi connectivity index (χ4v) is 2.13. The van der Waals surface area contributed by atoms with Crippen molar-refractivity contribution in [1.29, 1.82) is 0 Å². The summed E-state index contributed by atoms with van der Waals surface area (Å²) in [5, 5.41) is 0. The zero-order valence-corrected chi connectivity index (χ0v) is 10.3. The SMILES string of the molecule is Cc1ccc(S(=O)NCC(F)(F)F)cc1C(F)(F)F. The van der Waals surface area contributed by atoms with Gasteiger partial charge in [-0.25, -0.2) is 8.93 Å². The van der Waals surface area contributed by atoms with Crippen LogP contribution in [-0.2, 0) is 17.2 Å². The van der Waals surface area contributed by atoms with Gasteiger partial charge in [0.2, 0.25) is 0 Å². The first-order valence-corrected chi connectivity index (χ1v) is 6.05. The van der Waals surface area contributed by atoms with Crippen molar-refractivity contribution in [1.82, 2.24) is 4.72 Å². The molecule has 0 saturated heterocycles. The van der Waals surface area contributed by atoms with E-state index >= 15 is 0 Å². The Kier molecular flexibility index (Phi) is 4.62. The van der Waals surface area contributed by atoms with Crippen molar-refractivity contribution in [3.63, 3.8) is 0 Å². The molecular weight excluding hydrogens is 296 g/mol. The molecule has 0 radical (unpaired) electrons. The van der Waals surface area contributed by atoms with E-state index < -0.39 is 35.4 Å². The summed E-state index contributed by atoms with van der Waals surface area (Å²) in [7, 11) is -2.35. The topological polar surface area (TPSA) is 29.1 Å². The molecular formula is C10H9F6NOS. The van der Waals surface area contributed by atoms with Gasteiger partial charge < -0.3 is 0 Å². The molecule has 19 heavy (non-hydrogen) atoms. The summed E-state index contributed by atoms with van der Waals surface area (Å²) in [6, 6.07) is 2.73. The van der Waals surface area contributed by atoms with E-state index in [0.717, 1.165) is 12.1 Å².